The maximum absolute atomic E-state index is 12.9. The molecule has 0 aliphatic carbocycles. The second-order valence-electron chi connectivity index (χ2n) is 17.8. The van der Waals surface area contributed by atoms with Crippen molar-refractivity contribution in [2.45, 2.75) is 98.7 Å². The number of nitrogens with two attached hydrogens (primary N) is 1. The Labute approximate surface area is 388 Å². The van der Waals surface area contributed by atoms with E-state index in [1.54, 1.807) is 22.3 Å². The molecule has 0 bridgehead atoms. The van der Waals surface area contributed by atoms with Crippen molar-refractivity contribution in [3.05, 3.63) is 119 Å². The lowest BCUT2D eigenvalue weighted by Gasteiger charge is -2.28. The van der Waals surface area contributed by atoms with Crippen molar-refractivity contribution in [3.63, 3.8) is 0 Å². The number of ether oxygens (including phenoxy) is 1. The molecule has 4 amide bonds. The minimum Gasteiger partial charge on any atom is -0.380 e. The number of nitrogens with zero attached hydrogens (tertiary/aromatic N) is 3. The summed E-state index contributed by atoms with van der Waals surface area (Å²) in [5.74, 6) is -0.505. The summed E-state index contributed by atoms with van der Waals surface area (Å²) in [7, 11) is 0. The maximum Gasteiger partial charge on any atom is 0.258 e. The average Bonchev–Trinajstić information content (AvgIpc) is 4.05. The molecule has 2 aromatic heterocycles. The van der Waals surface area contributed by atoms with Gasteiger partial charge in [0.25, 0.3) is 5.91 Å². The van der Waals surface area contributed by atoms with Gasteiger partial charge in [-0.05, 0) is 84.9 Å². The number of carbonyl (C=O) groups is 4. The number of thiazole rings is 1. The van der Waals surface area contributed by atoms with Crippen molar-refractivity contribution in [1.82, 2.24) is 35.9 Å². The SMILES string of the molecule is CCCNNC(=O)/C=C/c1ccc(CN(CCOCCC(N)=O)CCc2c[nH]c3ccccc23)cc1.Cc1ncsc1-c1ccc(C(C)NC(=O)C2CCCN2C(=O)CC(C)(C)C)cc1. The number of hydrogen-bond donors (Lipinski definition) is 5. The predicted molar refractivity (Wildman–Crippen MR) is 261 cm³/mol. The van der Waals surface area contributed by atoms with Crippen LogP contribution >= 0.6 is 11.3 Å². The first-order chi connectivity index (χ1) is 31.2. The Morgan fingerprint density at radius 2 is 1.78 bits per heavy atom. The standard InChI is InChI=1S/C28H37N5O3.C23H31N3O2S/c1-2-15-31-32-28(35)12-11-22-7-9-23(10-8-22)21-33(17-19-36-18-14-27(29)34)16-13-24-20-30-26-6-4-3-5-25(24)26;1-15(17-8-10-18(11-9-17)21-16(2)24-14-29-21)25-22(28)19-7-6-12-26(19)20(27)13-23(3,4)5/h3-12,20,30-31H,2,13-19,21H2,1H3,(H2,29,34)(H,32,35);8-11,14-15,19H,6-7,12-13H2,1-5H3,(H,25,28)/b12-11+;. The number of rotatable bonds is 21. The van der Waals surface area contributed by atoms with Gasteiger partial charge in [-0.25, -0.2) is 10.4 Å². The number of nitrogens with one attached hydrogen (secondary N) is 4. The zero-order chi connectivity index (χ0) is 46.8. The number of hydrogen-bond acceptors (Lipinski definition) is 9. The molecule has 1 aliphatic heterocycles. The van der Waals surface area contributed by atoms with Gasteiger partial charge >= 0.3 is 0 Å². The molecule has 348 valence electrons. The minimum absolute atomic E-state index is 0.0559. The normalized spacial score (nSPS) is 14.4. The van der Waals surface area contributed by atoms with Crippen molar-refractivity contribution in [3.8, 4) is 10.4 Å². The second-order valence-corrected chi connectivity index (χ2v) is 18.7. The van der Waals surface area contributed by atoms with Crippen LogP contribution in [-0.2, 0) is 36.9 Å². The summed E-state index contributed by atoms with van der Waals surface area (Å²) in [4.78, 5) is 61.3. The molecular weight excluding hydrogens is 837 g/mol. The molecule has 1 aliphatic rings. The largest absolute Gasteiger partial charge is 0.380 e. The van der Waals surface area contributed by atoms with Crippen LogP contribution in [0.2, 0.25) is 0 Å². The molecule has 1 fully saturated rings. The van der Waals surface area contributed by atoms with Gasteiger partial charge in [0.15, 0.2) is 0 Å². The molecule has 0 radical (unpaired) electrons. The number of likely N-dealkylation sites (tertiary alicyclic amines) is 1. The lowest BCUT2D eigenvalue weighted by molar-refractivity contribution is -0.140. The van der Waals surface area contributed by atoms with Crippen LogP contribution in [0.3, 0.4) is 0 Å². The maximum atomic E-state index is 12.9. The van der Waals surface area contributed by atoms with Crippen LogP contribution < -0.4 is 21.9 Å². The van der Waals surface area contributed by atoms with Crippen molar-refractivity contribution in [2.24, 2.45) is 11.1 Å². The van der Waals surface area contributed by atoms with Crippen LogP contribution in [0.5, 0.6) is 0 Å². The Hall–Kier alpha value is -5.67. The van der Waals surface area contributed by atoms with E-state index in [4.69, 9.17) is 10.5 Å². The quantitative estimate of drug-likeness (QED) is 0.0281. The van der Waals surface area contributed by atoms with Crippen LogP contribution in [0, 0.1) is 12.3 Å². The fourth-order valence-corrected chi connectivity index (χ4v) is 8.44. The van der Waals surface area contributed by atoms with Gasteiger partial charge in [-0.1, -0.05) is 94.4 Å². The first-order valence-corrected chi connectivity index (χ1v) is 23.6. The van der Waals surface area contributed by atoms with E-state index < -0.39 is 0 Å². The first kappa shape index (κ1) is 50.3. The lowest BCUT2D eigenvalue weighted by atomic mass is 9.91. The molecule has 13 nitrogen and oxygen atoms in total. The molecule has 2 atom stereocenters. The summed E-state index contributed by atoms with van der Waals surface area (Å²) in [6, 6.07) is 24.3. The highest BCUT2D eigenvalue weighted by molar-refractivity contribution is 7.13. The second kappa shape index (κ2) is 25.1. The van der Waals surface area contributed by atoms with Crippen LogP contribution in [0.15, 0.2) is 90.6 Å². The van der Waals surface area contributed by atoms with Gasteiger partial charge in [0, 0.05) is 68.7 Å². The Bertz CT molecular complexity index is 2310. The van der Waals surface area contributed by atoms with Crippen LogP contribution in [0.1, 0.15) is 101 Å². The zero-order valence-corrected chi connectivity index (χ0v) is 39.8. The van der Waals surface area contributed by atoms with Crippen molar-refractivity contribution < 1.29 is 23.9 Å². The summed E-state index contributed by atoms with van der Waals surface area (Å²) >= 11 is 1.63. The molecule has 14 heteroatoms. The van der Waals surface area contributed by atoms with Crippen LogP contribution in [0.4, 0.5) is 0 Å². The molecule has 0 saturated carbocycles. The highest BCUT2D eigenvalue weighted by atomic mass is 32.1. The number of hydrazine groups is 1. The van der Waals surface area contributed by atoms with Crippen LogP contribution in [-0.4, -0.2) is 88.8 Å². The van der Waals surface area contributed by atoms with E-state index in [2.05, 4.69) is 113 Å². The van der Waals surface area contributed by atoms with Gasteiger partial charge in [-0.2, -0.15) is 0 Å². The number of fused-ring (bicyclic) bond motifs is 1. The molecule has 3 heterocycles. The number of aromatic nitrogens is 2. The summed E-state index contributed by atoms with van der Waals surface area (Å²) in [6.45, 7) is 16.9. The molecule has 0 spiro atoms. The zero-order valence-electron chi connectivity index (χ0n) is 39.0. The van der Waals surface area contributed by atoms with E-state index in [0.29, 0.717) is 26.2 Å². The monoisotopic (exact) mass is 905 g/mol. The minimum atomic E-state index is -0.355. The van der Waals surface area contributed by atoms with Crippen molar-refractivity contribution in [2.75, 3.05) is 39.4 Å². The first-order valence-electron chi connectivity index (χ1n) is 22.7. The number of benzene rings is 3. The number of aromatic amines is 1. The van der Waals surface area contributed by atoms with E-state index in [1.165, 1.54) is 27.5 Å². The molecule has 65 heavy (non-hydrogen) atoms. The van der Waals surface area contributed by atoms with Crippen molar-refractivity contribution in [1.29, 1.82) is 0 Å². The van der Waals surface area contributed by atoms with E-state index in [1.807, 2.05) is 44.5 Å². The fourth-order valence-electron chi connectivity index (χ4n) is 7.62. The van der Waals surface area contributed by atoms with Gasteiger partial charge < -0.3 is 25.7 Å². The Morgan fingerprint density at radius 3 is 2.48 bits per heavy atom. The Balaban J connectivity index is 0.000000250. The molecule has 1 saturated heterocycles. The summed E-state index contributed by atoms with van der Waals surface area (Å²) in [6.07, 6.45) is 9.58. The highest BCUT2D eigenvalue weighted by Crippen LogP contribution is 2.29. The molecular formula is C51H68N8O5S. The number of primary amides is 1. The third kappa shape index (κ3) is 16.4. The van der Waals surface area contributed by atoms with Gasteiger partial charge in [-0.15, -0.1) is 11.3 Å². The predicted octanol–water partition coefficient (Wildman–Crippen LogP) is 7.87. The average molecular weight is 905 g/mol. The van der Waals surface area contributed by atoms with E-state index >= 15 is 0 Å². The molecule has 6 N–H and O–H groups in total. The third-order valence-corrected chi connectivity index (χ3v) is 12.1. The fraction of sp³-hybridized carbons (Fsp3) is 0.431. The molecule has 5 aromatic rings. The van der Waals surface area contributed by atoms with Gasteiger partial charge in [0.1, 0.15) is 6.04 Å². The van der Waals surface area contributed by atoms with E-state index in [-0.39, 0.29) is 47.5 Å². The smallest absolute Gasteiger partial charge is 0.258 e. The molecule has 3 aromatic carbocycles. The number of carbonyl (C=O) groups excluding carboxylic acids is 4. The molecule has 2 unspecified atom stereocenters. The number of para-hydroxylation sites is 1. The van der Waals surface area contributed by atoms with Crippen LogP contribution in [0.25, 0.3) is 27.4 Å². The van der Waals surface area contributed by atoms with Gasteiger partial charge in [0.2, 0.25) is 17.7 Å². The number of amides is 4. The highest BCUT2D eigenvalue weighted by Gasteiger charge is 2.35. The van der Waals surface area contributed by atoms with Gasteiger partial charge in [0.05, 0.1) is 35.3 Å². The third-order valence-electron chi connectivity index (χ3n) is 11.2. The topological polar surface area (TPSA) is 175 Å². The summed E-state index contributed by atoms with van der Waals surface area (Å²) in [5, 5.41) is 4.36. The van der Waals surface area contributed by atoms with E-state index in [0.717, 1.165) is 79.8 Å². The Kier molecular flexibility index (Phi) is 19.5. The summed E-state index contributed by atoms with van der Waals surface area (Å²) < 4.78 is 5.63. The number of aryl methyl sites for hydroxylation is 1. The molecule has 6 rings (SSSR count). The van der Waals surface area contributed by atoms with E-state index in [9.17, 15) is 19.2 Å². The van der Waals surface area contributed by atoms with Gasteiger partial charge in [-0.3, -0.25) is 29.5 Å². The lowest BCUT2D eigenvalue weighted by Crippen LogP contribution is -2.47. The Morgan fingerprint density at radius 1 is 1.03 bits per heavy atom. The number of H-pyrrole nitrogens is 1. The van der Waals surface area contributed by atoms with Crippen molar-refractivity contribution >= 4 is 51.9 Å². The summed E-state index contributed by atoms with van der Waals surface area (Å²) in [5.41, 5.74) is 20.3.